The molecule has 2 heterocycles. The van der Waals surface area contributed by atoms with Crippen LogP contribution in [0.15, 0.2) is 42.9 Å². The van der Waals surface area contributed by atoms with Crippen molar-refractivity contribution in [2.45, 2.75) is 13.3 Å². The van der Waals surface area contributed by atoms with Crippen molar-refractivity contribution in [2.75, 3.05) is 19.8 Å². The van der Waals surface area contributed by atoms with E-state index in [-0.39, 0.29) is 11.7 Å². The van der Waals surface area contributed by atoms with Gasteiger partial charge in [0, 0.05) is 43.9 Å². The average molecular weight is 342 g/mol. The average Bonchev–Trinajstić information content (AvgIpc) is 3.06. The van der Waals surface area contributed by atoms with Gasteiger partial charge in [0.2, 0.25) is 0 Å². The number of fused-ring (bicyclic) bond motifs is 1. The Labute approximate surface area is 144 Å². The fraction of sp³-hybridized carbons (Fsp3) is 0.278. The SMILES string of the molecule is CCOCCCNC(=O)c1cn2ccnc(-c3ccc(F)cc3)c2n1. The lowest BCUT2D eigenvalue weighted by Gasteiger charge is -2.03. The summed E-state index contributed by atoms with van der Waals surface area (Å²) in [6, 6.07) is 6.02. The number of carbonyl (C=O) groups excluding carboxylic acids is 1. The third kappa shape index (κ3) is 4.00. The van der Waals surface area contributed by atoms with Crippen LogP contribution in [0.3, 0.4) is 0 Å². The van der Waals surface area contributed by atoms with E-state index in [2.05, 4.69) is 15.3 Å². The van der Waals surface area contributed by atoms with Crippen LogP contribution in [0.4, 0.5) is 4.39 Å². The topological polar surface area (TPSA) is 68.5 Å². The zero-order valence-corrected chi connectivity index (χ0v) is 13.9. The Morgan fingerprint density at radius 3 is 2.88 bits per heavy atom. The van der Waals surface area contributed by atoms with Gasteiger partial charge in [0.05, 0.1) is 0 Å². The Hall–Kier alpha value is -2.80. The number of benzene rings is 1. The van der Waals surface area contributed by atoms with Crippen molar-refractivity contribution in [1.82, 2.24) is 19.7 Å². The third-order valence-corrected chi connectivity index (χ3v) is 3.68. The van der Waals surface area contributed by atoms with Crippen LogP contribution in [0.5, 0.6) is 0 Å². The zero-order chi connectivity index (χ0) is 17.6. The highest BCUT2D eigenvalue weighted by atomic mass is 19.1. The molecule has 7 heteroatoms. The number of imidazole rings is 1. The number of hydrogen-bond donors (Lipinski definition) is 1. The maximum Gasteiger partial charge on any atom is 0.271 e. The molecule has 1 aromatic carbocycles. The second-order valence-electron chi connectivity index (χ2n) is 5.45. The summed E-state index contributed by atoms with van der Waals surface area (Å²) in [6.07, 6.45) is 5.75. The molecule has 2 aromatic heterocycles. The Bertz CT molecular complexity index is 861. The number of rotatable bonds is 7. The summed E-state index contributed by atoms with van der Waals surface area (Å²) in [5, 5.41) is 2.82. The molecule has 6 nitrogen and oxygen atoms in total. The lowest BCUT2D eigenvalue weighted by molar-refractivity contribution is 0.0940. The molecule has 0 aliphatic heterocycles. The summed E-state index contributed by atoms with van der Waals surface area (Å²) < 4.78 is 20.1. The first-order valence-electron chi connectivity index (χ1n) is 8.14. The number of amides is 1. The van der Waals surface area contributed by atoms with Crippen molar-refractivity contribution < 1.29 is 13.9 Å². The third-order valence-electron chi connectivity index (χ3n) is 3.68. The first kappa shape index (κ1) is 17.0. The summed E-state index contributed by atoms with van der Waals surface area (Å²) in [7, 11) is 0. The highest BCUT2D eigenvalue weighted by molar-refractivity contribution is 5.93. The predicted octanol–water partition coefficient (Wildman–Crippen LogP) is 2.69. The van der Waals surface area contributed by atoms with Gasteiger partial charge in [-0.1, -0.05) is 0 Å². The number of carbonyl (C=O) groups is 1. The van der Waals surface area contributed by atoms with Crippen LogP contribution in [-0.2, 0) is 4.74 Å². The van der Waals surface area contributed by atoms with Crippen LogP contribution in [0.2, 0.25) is 0 Å². The van der Waals surface area contributed by atoms with Crippen molar-refractivity contribution in [2.24, 2.45) is 0 Å². The molecule has 0 aliphatic rings. The minimum atomic E-state index is -0.314. The Kier molecular flexibility index (Phi) is 5.35. The Morgan fingerprint density at radius 1 is 1.32 bits per heavy atom. The largest absolute Gasteiger partial charge is 0.382 e. The first-order chi connectivity index (χ1) is 12.2. The minimum Gasteiger partial charge on any atom is -0.382 e. The van der Waals surface area contributed by atoms with E-state index in [4.69, 9.17) is 4.74 Å². The van der Waals surface area contributed by atoms with Gasteiger partial charge in [0.15, 0.2) is 5.65 Å². The molecule has 0 saturated heterocycles. The number of halogens is 1. The first-order valence-corrected chi connectivity index (χ1v) is 8.14. The molecule has 0 bridgehead atoms. The van der Waals surface area contributed by atoms with E-state index in [1.165, 1.54) is 12.1 Å². The van der Waals surface area contributed by atoms with Gasteiger partial charge in [-0.2, -0.15) is 0 Å². The van der Waals surface area contributed by atoms with Crippen LogP contribution in [0.1, 0.15) is 23.8 Å². The van der Waals surface area contributed by atoms with Crippen LogP contribution in [0, 0.1) is 5.82 Å². The summed E-state index contributed by atoms with van der Waals surface area (Å²) in [5.74, 6) is -0.559. The van der Waals surface area contributed by atoms with E-state index in [0.717, 1.165) is 12.0 Å². The molecule has 1 N–H and O–H groups in total. The fourth-order valence-corrected chi connectivity index (χ4v) is 2.45. The monoisotopic (exact) mass is 342 g/mol. The molecule has 0 atom stereocenters. The van der Waals surface area contributed by atoms with Gasteiger partial charge in [0.1, 0.15) is 17.2 Å². The second kappa shape index (κ2) is 7.85. The van der Waals surface area contributed by atoms with E-state index in [1.54, 1.807) is 35.1 Å². The van der Waals surface area contributed by atoms with Gasteiger partial charge < -0.3 is 14.5 Å². The van der Waals surface area contributed by atoms with Gasteiger partial charge in [0.25, 0.3) is 5.91 Å². The Morgan fingerprint density at radius 2 is 2.12 bits per heavy atom. The molecule has 0 spiro atoms. The van der Waals surface area contributed by atoms with Crippen molar-refractivity contribution in [3.8, 4) is 11.3 Å². The normalized spacial score (nSPS) is 11.0. The molecule has 0 aliphatic carbocycles. The molecule has 0 fully saturated rings. The van der Waals surface area contributed by atoms with Gasteiger partial charge in [-0.3, -0.25) is 9.78 Å². The quantitative estimate of drug-likeness (QED) is 0.670. The Balaban J connectivity index is 1.79. The maximum atomic E-state index is 13.1. The maximum absolute atomic E-state index is 13.1. The molecule has 1 amide bonds. The molecule has 0 unspecified atom stereocenters. The van der Waals surface area contributed by atoms with Gasteiger partial charge in [-0.05, 0) is 37.6 Å². The van der Waals surface area contributed by atoms with Crippen LogP contribution in [-0.4, -0.2) is 40.0 Å². The zero-order valence-electron chi connectivity index (χ0n) is 13.9. The van der Waals surface area contributed by atoms with E-state index in [0.29, 0.717) is 36.8 Å². The molecule has 0 radical (unpaired) electrons. The van der Waals surface area contributed by atoms with E-state index in [1.807, 2.05) is 6.92 Å². The summed E-state index contributed by atoms with van der Waals surface area (Å²) in [4.78, 5) is 21.0. The second-order valence-corrected chi connectivity index (χ2v) is 5.45. The summed E-state index contributed by atoms with van der Waals surface area (Å²) in [5.41, 5.74) is 2.19. The predicted molar refractivity (Wildman–Crippen MR) is 91.8 cm³/mol. The lowest BCUT2D eigenvalue weighted by atomic mass is 10.1. The molecular formula is C18H19FN4O2. The van der Waals surface area contributed by atoms with Crippen LogP contribution >= 0.6 is 0 Å². The van der Waals surface area contributed by atoms with Gasteiger partial charge in [-0.15, -0.1) is 0 Å². The van der Waals surface area contributed by atoms with E-state index >= 15 is 0 Å². The van der Waals surface area contributed by atoms with Gasteiger partial charge in [-0.25, -0.2) is 9.37 Å². The summed E-state index contributed by atoms with van der Waals surface area (Å²) >= 11 is 0. The lowest BCUT2D eigenvalue weighted by Crippen LogP contribution is -2.25. The van der Waals surface area contributed by atoms with Crippen molar-refractivity contribution >= 4 is 11.6 Å². The molecule has 25 heavy (non-hydrogen) atoms. The van der Waals surface area contributed by atoms with Crippen LogP contribution < -0.4 is 5.32 Å². The number of nitrogens with one attached hydrogen (secondary N) is 1. The summed E-state index contributed by atoms with van der Waals surface area (Å²) in [6.45, 7) is 3.73. The van der Waals surface area contributed by atoms with Crippen molar-refractivity contribution in [3.63, 3.8) is 0 Å². The standard InChI is InChI=1S/C18H19FN4O2/c1-2-25-11-3-8-21-18(24)15-12-23-10-9-20-16(17(23)22-15)13-4-6-14(19)7-5-13/h4-7,9-10,12H,2-3,8,11H2,1H3,(H,21,24). The van der Waals surface area contributed by atoms with Crippen LogP contribution in [0.25, 0.3) is 16.9 Å². The number of nitrogens with zero attached hydrogens (tertiary/aromatic N) is 3. The highest BCUT2D eigenvalue weighted by Crippen LogP contribution is 2.22. The molecule has 130 valence electrons. The number of aromatic nitrogens is 3. The van der Waals surface area contributed by atoms with E-state index < -0.39 is 0 Å². The van der Waals surface area contributed by atoms with E-state index in [9.17, 15) is 9.18 Å². The number of ether oxygens (including phenoxy) is 1. The molecule has 3 aromatic rings. The number of hydrogen-bond acceptors (Lipinski definition) is 4. The smallest absolute Gasteiger partial charge is 0.271 e. The van der Waals surface area contributed by atoms with Gasteiger partial charge >= 0.3 is 0 Å². The molecular weight excluding hydrogens is 323 g/mol. The fourth-order valence-electron chi connectivity index (χ4n) is 2.45. The minimum absolute atomic E-state index is 0.245. The highest BCUT2D eigenvalue weighted by Gasteiger charge is 2.14. The molecule has 3 rings (SSSR count). The molecule has 0 saturated carbocycles. The van der Waals surface area contributed by atoms with Crippen molar-refractivity contribution in [3.05, 3.63) is 54.4 Å². The van der Waals surface area contributed by atoms with Crippen molar-refractivity contribution in [1.29, 1.82) is 0 Å².